The molecule has 2 aromatic carbocycles. The summed E-state index contributed by atoms with van der Waals surface area (Å²) in [4.78, 5) is 0.132. The largest absolute Gasteiger partial charge is 0.493 e. The number of rotatable bonds is 12. The van der Waals surface area contributed by atoms with Gasteiger partial charge in [-0.05, 0) is 73.6 Å². The number of benzene rings is 2. The van der Waals surface area contributed by atoms with Crippen molar-refractivity contribution >= 4 is 20.0 Å². The van der Waals surface area contributed by atoms with Crippen molar-refractivity contribution in [3.63, 3.8) is 0 Å². The van der Waals surface area contributed by atoms with Gasteiger partial charge in [0.1, 0.15) is 0 Å². The normalized spacial score (nSPS) is 17.6. The molecule has 0 aromatic heterocycles. The van der Waals surface area contributed by atoms with Crippen LogP contribution in [0, 0.1) is 5.92 Å². The van der Waals surface area contributed by atoms with E-state index in [1.807, 2.05) is 0 Å². The van der Waals surface area contributed by atoms with Crippen LogP contribution >= 0.6 is 0 Å². The first-order valence-corrected chi connectivity index (χ1v) is 17.0. The van der Waals surface area contributed by atoms with Crippen molar-refractivity contribution < 1.29 is 31.0 Å². The Morgan fingerprint density at radius 3 is 1.80 bits per heavy atom. The van der Waals surface area contributed by atoms with Crippen LogP contribution in [0.4, 0.5) is 0 Å². The Morgan fingerprint density at radius 2 is 1.27 bits per heavy atom. The first kappa shape index (κ1) is 30.6. The lowest BCUT2D eigenvalue weighted by molar-refractivity contribution is 0.246. The molecule has 0 amide bonds. The number of hydrogen-bond donors (Lipinski definition) is 1. The molecule has 0 bridgehead atoms. The predicted molar refractivity (Wildman–Crippen MR) is 154 cm³/mol. The molecule has 2 aliphatic rings. The summed E-state index contributed by atoms with van der Waals surface area (Å²) in [6, 6.07) is 8.92. The summed E-state index contributed by atoms with van der Waals surface area (Å²) >= 11 is 0. The molecule has 0 radical (unpaired) electrons. The average Bonchev–Trinajstić information content (AvgIpc) is 2.99. The summed E-state index contributed by atoms with van der Waals surface area (Å²) < 4.78 is 74.6. The summed E-state index contributed by atoms with van der Waals surface area (Å²) in [5.74, 6) is 1.69. The number of hydrogen-bond acceptors (Lipinski definition) is 7. The van der Waals surface area contributed by atoms with Crippen molar-refractivity contribution in [3.05, 3.63) is 42.0 Å². The fourth-order valence-corrected chi connectivity index (χ4v) is 8.60. The zero-order valence-electron chi connectivity index (χ0n) is 23.7. The van der Waals surface area contributed by atoms with Crippen molar-refractivity contribution in [1.82, 2.24) is 9.03 Å². The fourth-order valence-electron chi connectivity index (χ4n) is 5.81. The molecule has 11 heteroatoms. The Kier molecular flexibility index (Phi) is 10.4. The Labute approximate surface area is 239 Å². The summed E-state index contributed by atoms with van der Waals surface area (Å²) in [7, 11) is -3.10. The van der Waals surface area contributed by atoms with Gasteiger partial charge < -0.3 is 14.2 Å². The summed E-state index contributed by atoms with van der Waals surface area (Å²) in [6.07, 6.45) is 10.0. The zero-order valence-corrected chi connectivity index (χ0v) is 25.4. The molecular weight excluding hydrogens is 552 g/mol. The molecule has 4 rings (SSSR count). The second-order valence-electron chi connectivity index (χ2n) is 10.7. The van der Waals surface area contributed by atoms with Crippen LogP contribution in [0.5, 0.6) is 17.2 Å². The molecule has 40 heavy (non-hydrogen) atoms. The molecule has 2 aromatic rings. The Morgan fingerprint density at radius 1 is 0.750 bits per heavy atom. The van der Waals surface area contributed by atoms with Crippen LogP contribution < -0.4 is 18.9 Å². The van der Waals surface area contributed by atoms with Gasteiger partial charge in [0.25, 0.3) is 0 Å². The molecule has 222 valence electrons. The van der Waals surface area contributed by atoms with Crippen LogP contribution in [0.1, 0.15) is 69.8 Å². The van der Waals surface area contributed by atoms with Gasteiger partial charge in [0.15, 0.2) is 11.5 Å². The molecule has 0 atom stereocenters. The van der Waals surface area contributed by atoms with Crippen LogP contribution in [0.2, 0.25) is 0 Å². The van der Waals surface area contributed by atoms with Crippen molar-refractivity contribution in [3.8, 4) is 17.2 Å². The monoisotopic (exact) mass is 594 g/mol. The SMILES string of the molecule is COc1cc(CN(C2CCCCC2)S(=O)(=O)c2ccc(S(=O)(=O)NCC3CCCCC3)cc2)cc(OC)c1OC. The fraction of sp³-hybridized carbons (Fsp3) is 0.586. The van der Waals surface area contributed by atoms with Crippen LogP contribution in [0.3, 0.4) is 0 Å². The molecule has 0 heterocycles. The molecule has 2 saturated carbocycles. The van der Waals surface area contributed by atoms with Gasteiger partial charge in [0.05, 0.1) is 31.1 Å². The average molecular weight is 595 g/mol. The van der Waals surface area contributed by atoms with Gasteiger partial charge in [-0.3, -0.25) is 0 Å². The third kappa shape index (κ3) is 7.10. The first-order valence-electron chi connectivity index (χ1n) is 14.1. The molecule has 0 aliphatic heterocycles. The van der Waals surface area contributed by atoms with Gasteiger partial charge in [-0.1, -0.05) is 38.5 Å². The highest BCUT2D eigenvalue weighted by molar-refractivity contribution is 7.89. The number of methoxy groups -OCH3 is 3. The zero-order chi connectivity index (χ0) is 28.8. The molecule has 2 aliphatic carbocycles. The highest BCUT2D eigenvalue weighted by Crippen LogP contribution is 2.39. The molecule has 2 fully saturated rings. The quantitative estimate of drug-likeness (QED) is 0.364. The Hall–Kier alpha value is -2.34. The first-order chi connectivity index (χ1) is 19.2. The minimum atomic E-state index is -3.94. The maximum atomic E-state index is 14.0. The summed E-state index contributed by atoms with van der Waals surface area (Å²) in [5.41, 5.74) is 0.703. The molecule has 9 nitrogen and oxygen atoms in total. The van der Waals surface area contributed by atoms with Crippen molar-refractivity contribution in [2.24, 2.45) is 5.92 Å². The van der Waals surface area contributed by atoms with E-state index < -0.39 is 20.0 Å². The number of nitrogens with zero attached hydrogens (tertiary/aromatic N) is 1. The lowest BCUT2D eigenvalue weighted by atomic mass is 9.90. The van der Waals surface area contributed by atoms with E-state index in [4.69, 9.17) is 14.2 Å². The van der Waals surface area contributed by atoms with E-state index >= 15 is 0 Å². The summed E-state index contributed by atoms with van der Waals surface area (Å²) in [5, 5.41) is 0. The third-order valence-electron chi connectivity index (χ3n) is 8.07. The van der Waals surface area contributed by atoms with Gasteiger partial charge in [0, 0.05) is 19.1 Å². The Balaban J connectivity index is 1.59. The molecular formula is C29H42N2O7S2. The van der Waals surface area contributed by atoms with E-state index in [9.17, 15) is 16.8 Å². The number of ether oxygens (including phenoxy) is 3. The van der Waals surface area contributed by atoms with E-state index in [-0.39, 0.29) is 22.4 Å². The van der Waals surface area contributed by atoms with Gasteiger partial charge in [0.2, 0.25) is 25.8 Å². The lowest BCUT2D eigenvalue weighted by Crippen LogP contribution is -2.41. The van der Waals surface area contributed by atoms with E-state index in [1.54, 1.807) is 12.1 Å². The van der Waals surface area contributed by atoms with Gasteiger partial charge in [-0.25, -0.2) is 21.6 Å². The molecule has 1 N–H and O–H groups in total. The highest BCUT2D eigenvalue weighted by Gasteiger charge is 2.33. The van der Waals surface area contributed by atoms with Crippen LogP contribution in [0.15, 0.2) is 46.2 Å². The predicted octanol–water partition coefficient (Wildman–Crippen LogP) is 5.09. The topological polar surface area (TPSA) is 111 Å². The van der Waals surface area contributed by atoms with E-state index in [0.29, 0.717) is 35.3 Å². The third-order valence-corrected chi connectivity index (χ3v) is 11.4. The maximum Gasteiger partial charge on any atom is 0.243 e. The lowest BCUT2D eigenvalue weighted by Gasteiger charge is -2.33. The molecule has 0 unspecified atom stereocenters. The van der Waals surface area contributed by atoms with Crippen molar-refractivity contribution in [1.29, 1.82) is 0 Å². The minimum Gasteiger partial charge on any atom is -0.493 e. The van der Waals surface area contributed by atoms with E-state index in [0.717, 1.165) is 57.8 Å². The molecule has 0 saturated heterocycles. The standard InChI is InChI=1S/C29H42N2O7S2/c1-36-27-18-23(19-28(37-2)29(27)38-3)21-31(24-12-8-5-9-13-24)40(34,35)26-16-14-25(15-17-26)39(32,33)30-20-22-10-6-4-7-11-22/h14-19,22,24,30H,4-13,20-21H2,1-3H3. The van der Waals surface area contributed by atoms with Gasteiger partial charge >= 0.3 is 0 Å². The van der Waals surface area contributed by atoms with Crippen molar-refractivity contribution in [2.75, 3.05) is 27.9 Å². The van der Waals surface area contributed by atoms with Crippen LogP contribution in [-0.2, 0) is 26.6 Å². The smallest absolute Gasteiger partial charge is 0.243 e. The molecule has 0 spiro atoms. The summed E-state index contributed by atoms with van der Waals surface area (Å²) in [6.45, 7) is 0.527. The van der Waals surface area contributed by atoms with Crippen LogP contribution in [0.25, 0.3) is 0 Å². The van der Waals surface area contributed by atoms with E-state index in [2.05, 4.69) is 4.72 Å². The van der Waals surface area contributed by atoms with Gasteiger partial charge in [-0.2, -0.15) is 4.31 Å². The minimum absolute atomic E-state index is 0.0658. The second-order valence-corrected chi connectivity index (χ2v) is 14.4. The van der Waals surface area contributed by atoms with Gasteiger partial charge in [-0.15, -0.1) is 0 Å². The van der Waals surface area contributed by atoms with Crippen LogP contribution in [-0.4, -0.2) is 55.1 Å². The number of sulfonamides is 2. The maximum absolute atomic E-state index is 14.0. The number of nitrogens with one attached hydrogen (secondary N) is 1. The second kappa shape index (κ2) is 13.5. The van der Waals surface area contributed by atoms with E-state index in [1.165, 1.54) is 56.3 Å². The highest BCUT2D eigenvalue weighted by atomic mass is 32.2. The van der Waals surface area contributed by atoms with Crippen molar-refractivity contribution in [2.45, 2.75) is 86.6 Å². The Bertz CT molecular complexity index is 1310.